The molecule has 150 valence electrons. The lowest BCUT2D eigenvalue weighted by atomic mass is 10.2. The number of aliphatic imine (C=N–C) groups is 1. The molecule has 3 aromatic rings. The molecular formula is C25H22N2O2S. The van der Waals surface area contributed by atoms with Crippen LogP contribution in [0.3, 0.4) is 0 Å². The van der Waals surface area contributed by atoms with Crippen LogP contribution in [0.1, 0.15) is 16.7 Å². The highest BCUT2D eigenvalue weighted by Crippen LogP contribution is 2.34. The molecule has 1 amide bonds. The molecule has 1 aliphatic heterocycles. The molecule has 3 aromatic carbocycles. The third kappa shape index (κ3) is 4.81. The summed E-state index contributed by atoms with van der Waals surface area (Å²) in [7, 11) is 1.64. The summed E-state index contributed by atoms with van der Waals surface area (Å²) in [5, 5.41) is 0.724. The van der Waals surface area contributed by atoms with E-state index in [1.54, 1.807) is 12.0 Å². The number of carbonyl (C=O) groups excluding carboxylic acids is 1. The Morgan fingerprint density at radius 3 is 2.33 bits per heavy atom. The van der Waals surface area contributed by atoms with Crippen molar-refractivity contribution >= 4 is 28.9 Å². The summed E-state index contributed by atoms with van der Waals surface area (Å²) in [4.78, 5) is 20.4. The number of thioether (sulfide) groups is 1. The molecule has 0 atom stereocenters. The van der Waals surface area contributed by atoms with Gasteiger partial charge in [-0.1, -0.05) is 72.8 Å². The van der Waals surface area contributed by atoms with Crippen LogP contribution in [-0.2, 0) is 17.9 Å². The van der Waals surface area contributed by atoms with Gasteiger partial charge in [0.1, 0.15) is 5.75 Å². The van der Waals surface area contributed by atoms with Crippen molar-refractivity contribution in [2.24, 2.45) is 4.99 Å². The molecule has 5 heteroatoms. The maximum Gasteiger partial charge on any atom is 0.267 e. The molecule has 0 saturated carbocycles. The molecule has 1 heterocycles. The molecule has 30 heavy (non-hydrogen) atoms. The van der Waals surface area contributed by atoms with Gasteiger partial charge in [0.05, 0.1) is 25.1 Å². The Hall–Kier alpha value is -3.31. The predicted octanol–water partition coefficient (Wildman–Crippen LogP) is 5.37. The molecule has 0 bridgehead atoms. The van der Waals surface area contributed by atoms with Gasteiger partial charge in [0.25, 0.3) is 5.91 Å². The van der Waals surface area contributed by atoms with E-state index in [-0.39, 0.29) is 5.91 Å². The molecule has 1 aliphatic rings. The highest BCUT2D eigenvalue weighted by atomic mass is 32.2. The van der Waals surface area contributed by atoms with Gasteiger partial charge in [-0.25, -0.2) is 0 Å². The van der Waals surface area contributed by atoms with E-state index < -0.39 is 0 Å². The number of methoxy groups -OCH3 is 1. The minimum absolute atomic E-state index is 0.0292. The van der Waals surface area contributed by atoms with Gasteiger partial charge in [0.2, 0.25) is 0 Å². The second kappa shape index (κ2) is 9.46. The standard InChI is InChI=1S/C25H22N2O2S/c1-29-22-14-8-13-21(15-22)16-23-24(28)27(18-20-11-6-3-7-12-20)25(30-23)26-17-19-9-4-2-5-10-19/h2-16H,17-18H2,1H3. The van der Waals surface area contributed by atoms with E-state index >= 15 is 0 Å². The Labute approximate surface area is 180 Å². The zero-order valence-corrected chi connectivity index (χ0v) is 17.5. The Kier molecular flexibility index (Phi) is 6.30. The number of carbonyl (C=O) groups is 1. The molecular weight excluding hydrogens is 392 g/mol. The van der Waals surface area contributed by atoms with Gasteiger partial charge in [-0.05, 0) is 46.7 Å². The molecule has 0 radical (unpaired) electrons. The van der Waals surface area contributed by atoms with E-state index in [0.717, 1.165) is 27.6 Å². The quantitative estimate of drug-likeness (QED) is 0.510. The number of ether oxygens (including phenoxy) is 1. The van der Waals surface area contributed by atoms with Crippen LogP contribution in [-0.4, -0.2) is 23.1 Å². The highest BCUT2D eigenvalue weighted by Gasteiger charge is 2.33. The maximum absolute atomic E-state index is 13.2. The Morgan fingerprint density at radius 2 is 1.63 bits per heavy atom. The number of amidine groups is 1. The summed E-state index contributed by atoms with van der Waals surface area (Å²) in [5.41, 5.74) is 3.11. The average molecular weight is 415 g/mol. The SMILES string of the molecule is COc1cccc(C=C2SC(=NCc3ccccc3)N(Cc3ccccc3)C2=O)c1. The molecule has 0 N–H and O–H groups in total. The van der Waals surface area contributed by atoms with E-state index in [9.17, 15) is 4.79 Å². The average Bonchev–Trinajstić information content (AvgIpc) is 3.08. The van der Waals surface area contributed by atoms with Crippen LogP contribution in [0, 0.1) is 0 Å². The van der Waals surface area contributed by atoms with Crippen molar-refractivity contribution in [3.63, 3.8) is 0 Å². The summed E-state index contributed by atoms with van der Waals surface area (Å²) in [6, 6.07) is 27.7. The van der Waals surface area contributed by atoms with E-state index in [1.807, 2.05) is 91.0 Å². The number of nitrogens with zero attached hydrogens (tertiary/aromatic N) is 2. The minimum Gasteiger partial charge on any atom is -0.497 e. The summed E-state index contributed by atoms with van der Waals surface area (Å²) < 4.78 is 5.30. The predicted molar refractivity (Wildman–Crippen MR) is 123 cm³/mol. The van der Waals surface area contributed by atoms with Gasteiger partial charge < -0.3 is 4.74 Å². The van der Waals surface area contributed by atoms with Crippen molar-refractivity contribution in [1.29, 1.82) is 0 Å². The lowest BCUT2D eigenvalue weighted by Crippen LogP contribution is -2.28. The monoisotopic (exact) mass is 414 g/mol. The number of amides is 1. The first-order valence-electron chi connectivity index (χ1n) is 9.71. The molecule has 1 saturated heterocycles. The molecule has 0 unspecified atom stereocenters. The third-order valence-corrected chi connectivity index (χ3v) is 5.75. The largest absolute Gasteiger partial charge is 0.497 e. The molecule has 0 aromatic heterocycles. The van der Waals surface area contributed by atoms with Gasteiger partial charge in [-0.15, -0.1) is 0 Å². The molecule has 4 nitrogen and oxygen atoms in total. The van der Waals surface area contributed by atoms with Crippen LogP contribution in [0.15, 0.2) is 94.8 Å². The van der Waals surface area contributed by atoms with E-state index in [2.05, 4.69) is 0 Å². The molecule has 4 rings (SSSR count). The second-order valence-corrected chi connectivity index (χ2v) is 7.86. The molecule has 0 aliphatic carbocycles. The maximum atomic E-state index is 13.2. The van der Waals surface area contributed by atoms with E-state index in [4.69, 9.17) is 9.73 Å². The topological polar surface area (TPSA) is 41.9 Å². The second-order valence-electron chi connectivity index (χ2n) is 6.85. The first kappa shape index (κ1) is 20.0. The fraction of sp³-hybridized carbons (Fsp3) is 0.120. The van der Waals surface area contributed by atoms with Crippen molar-refractivity contribution in [3.05, 3.63) is 107 Å². The van der Waals surface area contributed by atoms with Crippen molar-refractivity contribution in [2.75, 3.05) is 7.11 Å². The van der Waals surface area contributed by atoms with Crippen LogP contribution < -0.4 is 4.74 Å². The summed E-state index contributed by atoms with van der Waals surface area (Å²) in [6.07, 6.45) is 1.90. The first-order valence-corrected chi connectivity index (χ1v) is 10.5. The van der Waals surface area contributed by atoms with Crippen LogP contribution in [0.4, 0.5) is 0 Å². The summed E-state index contributed by atoms with van der Waals surface area (Å²) in [6.45, 7) is 1.03. The number of rotatable bonds is 6. The van der Waals surface area contributed by atoms with Crippen LogP contribution in [0.2, 0.25) is 0 Å². The van der Waals surface area contributed by atoms with Gasteiger partial charge in [-0.2, -0.15) is 0 Å². The van der Waals surface area contributed by atoms with E-state index in [1.165, 1.54) is 11.8 Å². The first-order chi connectivity index (χ1) is 14.7. The zero-order valence-electron chi connectivity index (χ0n) is 16.7. The highest BCUT2D eigenvalue weighted by molar-refractivity contribution is 8.18. The smallest absolute Gasteiger partial charge is 0.267 e. The third-order valence-electron chi connectivity index (χ3n) is 4.70. The van der Waals surface area contributed by atoms with Gasteiger partial charge in [-0.3, -0.25) is 14.7 Å². The number of hydrogen-bond acceptors (Lipinski definition) is 4. The van der Waals surface area contributed by atoms with Crippen LogP contribution in [0.25, 0.3) is 6.08 Å². The van der Waals surface area contributed by atoms with Gasteiger partial charge >= 0.3 is 0 Å². The minimum atomic E-state index is -0.0292. The van der Waals surface area contributed by atoms with Gasteiger partial charge in [0.15, 0.2) is 5.17 Å². The number of benzene rings is 3. The zero-order chi connectivity index (χ0) is 20.8. The van der Waals surface area contributed by atoms with E-state index in [0.29, 0.717) is 18.0 Å². The van der Waals surface area contributed by atoms with Crippen molar-refractivity contribution < 1.29 is 9.53 Å². The summed E-state index contributed by atoms with van der Waals surface area (Å²) in [5.74, 6) is 0.734. The number of hydrogen-bond donors (Lipinski definition) is 0. The Morgan fingerprint density at radius 1 is 0.933 bits per heavy atom. The molecule has 0 spiro atoms. The van der Waals surface area contributed by atoms with Crippen molar-refractivity contribution in [3.8, 4) is 5.75 Å². The fourth-order valence-corrected chi connectivity index (χ4v) is 4.13. The van der Waals surface area contributed by atoms with Crippen molar-refractivity contribution in [1.82, 2.24) is 4.90 Å². The fourth-order valence-electron chi connectivity index (χ4n) is 3.16. The Balaban J connectivity index is 1.63. The van der Waals surface area contributed by atoms with Crippen LogP contribution >= 0.6 is 11.8 Å². The summed E-state index contributed by atoms with van der Waals surface area (Å²) >= 11 is 1.42. The van der Waals surface area contributed by atoms with Crippen LogP contribution in [0.5, 0.6) is 5.75 Å². The van der Waals surface area contributed by atoms with Gasteiger partial charge in [0, 0.05) is 0 Å². The Bertz CT molecular complexity index is 1080. The lowest BCUT2D eigenvalue weighted by Gasteiger charge is -2.15. The molecule has 1 fully saturated rings. The van der Waals surface area contributed by atoms with Crippen molar-refractivity contribution in [2.45, 2.75) is 13.1 Å². The lowest BCUT2D eigenvalue weighted by molar-refractivity contribution is -0.122. The normalized spacial score (nSPS) is 16.4.